The van der Waals surface area contributed by atoms with Gasteiger partial charge in [0.25, 0.3) is 5.91 Å². The number of benzene rings is 1. The molecule has 0 aliphatic carbocycles. The van der Waals surface area contributed by atoms with Crippen LogP contribution in [0.25, 0.3) is 17.5 Å². The van der Waals surface area contributed by atoms with Crippen molar-refractivity contribution in [2.24, 2.45) is 4.99 Å². The second-order valence-electron chi connectivity index (χ2n) is 6.06. The van der Waals surface area contributed by atoms with E-state index in [1.54, 1.807) is 24.4 Å². The first-order valence-electron chi connectivity index (χ1n) is 9.06. The molecular formula is C20H27N5O2. The quantitative estimate of drug-likeness (QED) is 0.780. The monoisotopic (exact) mass is 369 g/mol. The average molecular weight is 369 g/mol. The van der Waals surface area contributed by atoms with E-state index in [1.165, 1.54) is 0 Å². The van der Waals surface area contributed by atoms with E-state index >= 15 is 0 Å². The Morgan fingerprint density at radius 3 is 2.81 bits per heavy atom. The van der Waals surface area contributed by atoms with Crippen LogP contribution in [0, 0.1) is 0 Å². The number of carbonyl (C=O) groups is 1. The van der Waals surface area contributed by atoms with Crippen molar-refractivity contribution in [2.75, 3.05) is 32.9 Å². The molecule has 27 heavy (non-hydrogen) atoms. The first-order valence-corrected chi connectivity index (χ1v) is 9.06. The maximum Gasteiger partial charge on any atom is 0.251 e. The first-order chi connectivity index (χ1) is 13.0. The Bertz CT molecular complexity index is 928. The zero-order valence-corrected chi connectivity index (χ0v) is 16.3. The van der Waals surface area contributed by atoms with Crippen LogP contribution in [0.1, 0.15) is 30.6 Å². The minimum absolute atomic E-state index is 0.178. The highest BCUT2D eigenvalue weighted by Crippen LogP contribution is 2.21. The van der Waals surface area contributed by atoms with Crippen molar-refractivity contribution in [3.63, 3.8) is 0 Å². The molecule has 0 radical (unpaired) electrons. The van der Waals surface area contributed by atoms with Crippen molar-refractivity contribution < 1.29 is 9.21 Å². The van der Waals surface area contributed by atoms with Crippen LogP contribution in [0.15, 0.2) is 39.9 Å². The Morgan fingerprint density at radius 1 is 1.30 bits per heavy atom. The van der Waals surface area contributed by atoms with Crippen LogP contribution in [0.2, 0.25) is 0 Å². The van der Waals surface area contributed by atoms with Crippen molar-refractivity contribution in [1.29, 1.82) is 0 Å². The lowest BCUT2D eigenvalue weighted by Crippen LogP contribution is -2.31. The minimum atomic E-state index is -0.178. The summed E-state index contributed by atoms with van der Waals surface area (Å²) in [4.78, 5) is 23.0. The summed E-state index contributed by atoms with van der Waals surface area (Å²) < 4.78 is 5.78. The Hall–Kier alpha value is -2.93. The standard InChI is InChI=1S/C18H21N5O2.C2H6/c1-23(2)8-7-21-17(24)12-9-13(11-14(19)10-12)18-22-16-15(25-18)5-3-4-6-20-16;1-2/h4-6,9-11H,3,7-8,19H2,1-2H3,(H,21,24);1-2H3. The van der Waals surface area contributed by atoms with Crippen LogP contribution in [0.5, 0.6) is 0 Å². The molecule has 1 aliphatic heterocycles. The number of hydrogen-bond acceptors (Lipinski definition) is 6. The van der Waals surface area contributed by atoms with E-state index in [2.05, 4.69) is 15.3 Å². The number of nitrogens with two attached hydrogens (primary N) is 1. The summed E-state index contributed by atoms with van der Waals surface area (Å²) in [7, 11) is 3.91. The summed E-state index contributed by atoms with van der Waals surface area (Å²) in [5, 5.41) is 2.87. The first kappa shape index (κ1) is 20.4. The molecule has 144 valence electrons. The van der Waals surface area contributed by atoms with Gasteiger partial charge in [0.1, 0.15) is 0 Å². The molecule has 1 aliphatic rings. The number of allylic oxidation sites excluding steroid dienone is 1. The minimum Gasteiger partial charge on any atom is -0.435 e. The lowest BCUT2D eigenvalue weighted by atomic mass is 10.1. The summed E-state index contributed by atoms with van der Waals surface area (Å²) in [6, 6.07) is 5.10. The third-order valence-electron chi connectivity index (χ3n) is 3.69. The van der Waals surface area contributed by atoms with Crippen molar-refractivity contribution in [3.8, 4) is 11.5 Å². The topological polar surface area (TPSA) is 96.8 Å². The van der Waals surface area contributed by atoms with Gasteiger partial charge in [0.15, 0.2) is 10.9 Å². The van der Waals surface area contributed by atoms with Gasteiger partial charge in [0.2, 0.25) is 5.89 Å². The predicted molar refractivity (Wildman–Crippen MR) is 108 cm³/mol. The summed E-state index contributed by atoms with van der Waals surface area (Å²) >= 11 is 0. The number of nitrogens with one attached hydrogen (secondary N) is 1. The third kappa shape index (κ3) is 5.52. The van der Waals surface area contributed by atoms with Crippen LogP contribution in [0.4, 0.5) is 5.69 Å². The molecular weight excluding hydrogens is 342 g/mol. The van der Waals surface area contributed by atoms with Gasteiger partial charge in [-0.2, -0.15) is 4.98 Å². The Labute approximate surface area is 159 Å². The molecule has 7 heteroatoms. The van der Waals surface area contributed by atoms with Crippen LogP contribution >= 0.6 is 0 Å². The lowest BCUT2D eigenvalue weighted by Gasteiger charge is -2.11. The summed E-state index contributed by atoms with van der Waals surface area (Å²) in [6.45, 7) is 5.32. The molecule has 0 saturated heterocycles. The van der Waals surface area contributed by atoms with E-state index in [9.17, 15) is 4.79 Å². The summed E-state index contributed by atoms with van der Waals surface area (Å²) in [6.07, 6.45) is 6.28. The van der Waals surface area contributed by atoms with E-state index in [0.717, 1.165) is 13.0 Å². The highest BCUT2D eigenvalue weighted by molar-refractivity contribution is 5.96. The number of aromatic nitrogens is 1. The van der Waals surface area contributed by atoms with Gasteiger partial charge in [-0.05, 0) is 44.8 Å². The zero-order chi connectivity index (χ0) is 19.8. The maximum atomic E-state index is 12.3. The van der Waals surface area contributed by atoms with Gasteiger partial charge in [0.05, 0.1) is 0 Å². The average Bonchev–Trinajstić information content (AvgIpc) is 2.93. The van der Waals surface area contributed by atoms with Gasteiger partial charge in [-0.15, -0.1) is 0 Å². The fraction of sp³-hybridized carbons (Fsp3) is 0.350. The fourth-order valence-corrected chi connectivity index (χ4v) is 2.43. The van der Waals surface area contributed by atoms with Crippen LogP contribution < -0.4 is 22.0 Å². The molecule has 2 aromatic rings. The van der Waals surface area contributed by atoms with E-state index < -0.39 is 0 Å². The number of likely N-dealkylation sites (N-methyl/N-ethyl adjacent to an activating group) is 1. The normalized spacial score (nSPS) is 12.2. The van der Waals surface area contributed by atoms with Crippen molar-refractivity contribution in [1.82, 2.24) is 15.2 Å². The number of anilines is 1. The Balaban J connectivity index is 0.00000126. The fourth-order valence-electron chi connectivity index (χ4n) is 2.43. The molecule has 1 aromatic heterocycles. The number of oxazole rings is 1. The maximum absolute atomic E-state index is 12.3. The largest absolute Gasteiger partial charge is 0.435 e. The van der Waals surface area contributed by atoms with Gasteiger partial charge >= 0.3 is 0 Å². The number of nitrogens with zero attached hydrogens (tertiary/aromatic N) is 3. The molecule has 0 atom stereocenters. The van der Waals surface area contributed by atoms with E-state index in [1.807, 2.05) is 45.0 Å². The van der Waals surface area contributed by atoms with Gasteiger partial charge in [-0.1, -0.05) is 19.9 Å². The molecule has 3 N–H and O–H groups in total. The second kappa shape index (κ2) is 9.68. The van der Waals surface area contributed by atoms with E-state index in [0.29, 0.717) is 40.2 Å². The van der Waals surface area contributed by atoms with Crippen molar-refractivity contribution >= 4 is 17.7 Å². The highest BCUT2D eigenvalue weighted by atomic mass is 16.3. The number of hydrogen-bond donors (Lipinski definition) is 2. The number of amides is 1. The van der Waals surface area contributed by atoms with Crippen molar-refractivity contribution in [2.45, 2.75) is 20.3 Å². The highest BCUT2D eigenvalue weighted by Gasteiger charge is 2.13. The number of carbonyl (C=O) groups excluding carboxylic acids is 1. The number of rotatable bonds is 5. The molecule has 0 bridgehead atoms. The smallest absolute Gasteiger partial charge is 0.251 e. The molecule has 0 saturated carbocycles. The number of nitrogen functional groups attached to an aromatic ring is 1. The predicted octanol–water partition coefficient (Wildman–Crippen LogP) is 1.56. The van der Waals surface area contributed by atoms with Gasteiger partial charge in [-0.25, -0.2) is 4.99 Å². The molecule has 1 aromatic carbocycles. The summed E-state index contributed by atoms with van der Waals surface area (Å²) in [5.74, 6) is 0.220. The lowest BCUT2D eigenvalue weighted by molar-refractivity contribution is 0.0951. The van der Waals surface area contributed by atoms with E-state index in [-0.39, 0.29) is 5.91 Å². The second-order valence-corrected chi connectivity index (χ2v) is 6.06. The Morgan fingerprint density at radius 2 is 2.07 bits per heavy atom. The van der Waals surface area contributed by atoms with Gasteiger partial charge in [-0.3, -0.25) is 4.79 Å². The Kier molecular flexibility index (Phi) is 7.31. The van der Waals surface area contributed by atoms with Gasteiger partial charge < -0.3 is 20.4 Å². The SMILES string of the molecule is CC.CN(C)CCNC(=O)c1cc(N)cc(-c2nc3c(o2)=CCC=CN=3)c1. The zero-order valence-electron chi connectivity index (χ0n) is 16.3. The molecule has 0 fully saturated rings. The van der Waals surface area contributed by atoms with Gasteiger partial charge in [0, 0.05) is 36.1 Å². The van der Waals surface area contributed by atoms with Crippen LogP contribution in [0.3, 0.4) is 0 Å². The molecule has 2 heterocycles. The molecule has 0 spiro atoms. The van der Waals surface area contributed by atoms with E-state index in [4.69, 9.17) is 10.2 Å². The van der Waals surface area contributed by atoms with Crippen LogP contribution in [-0.2, 0) is 0 Å². The number of fused-ring (bicyclic) bond motifs is 1. The molecule has 7 nitrogen and oxygen atoms in total. The molecule has 3 rings (SSSR count). The third-order valence-corrected chi connectivity index (χ3v) is 3.69. The van der Waals surface area contributed by atoms with Crippen molar-refractivity contribution in [3.05, 3.63) is 46.9 Å². The molecule has 0 unspecified atom stereocenters. The summed E-state index contributed by atoms with van der Waals surface area (Å²) in [5.41, 5.74) is 8.72. The molecule has 1 amide bonds. The van der Waals surface area contributed by atoms with Crippen LogP contribution in [-0.4, -0.2) is 43.0 Å².